The summed E-state index contributed by atoms with van der Waals surface area (Å²) in [6.45, 7) is 1.95. The molecule has 0 unspecified atom stereocenters. The van der Waals surface area contributed by atoms with E-state index >= 15 is 0 Å². The van der Waals surface area contributed by atoms with Gasteiger partial charge in [-0.3, -0.25) is 4.98 Å². The number of halogens is 3. The number of pyridine rings is 1. The molecule has 0 aliphatic carbocycles. The van der Waals surface area contributed by atoms with Gasteiger partial charge in [-0.05, 0) is 37.7 Å². The Bertz CT molecular complexity index is 866. The van der Waals surface area contributed by atoms with Crippen molar-refractivity contribution in [3.63, 3.8) is 0 Å². The average molecular weight is 401 g/mol. The number of benzene rings is 1. The van der Waals surface area contributed by atoms with Crippen LogP contribution in [0.1, 0.15) is 29.7 Å². The summed E-state index contributed by atoms with van der Waals surface area (Å²) in [5.74, 6) is 0. The van der Waals surface area contributed by atoms with E-state index in [0.717, 1.165) is 23.7 Å². The van der Waals surface area contributed by atoms with Crippen molar-refractivity contribution in [3.8, 4) is 0 Å². The normalized spacial score (nSPS) is 13.7. The lowest BCUT2D eigenvalue weighted by atomic mass is 10.0. The van der Waals surface area contributed by atoms with E-state index in [9.17, 15) is 21.6 Å². The first-order valence-electron chi connectivity index (χ1n) is 8.32. The van der Waals surface area contributed by atoms with Gasteiger partial charge in [0.25, 0.3) is 0 Å². The van der Waals surface area contributed by atoms with E-state index in [1.807, 2.05) is 31.2 Å². The molecule has 9 heteroatoms. The molecule has 0 fully saturated rings. The first-order valence-corrected chi connectivity index (χ1v) is 9.80. The molecule has 5 nitrogen and oxygen atoms in total. The van der Waals surface area contributed by atoms with Gasteiger partial charge < -0.3 is 4.90 Å². The largest absolute Gasteiger partial charge is 0.417 e. The second-order valence-corrected chi connectivity index (χ2v) is 8.03. The van der Waals surface area contributed by atoms with Crippen LogP contribution >= 0.6 is 0 Å². The molecule has 1 aromatic heterocycles. The van der Waals surface area contributed by atoms with Gasteiger partial charge in [0, 0.05) is 25.0 Å². The van der Waals surface area contributed by atoms with E-state index in [-0.39, 0.29) is 12.6 Å². The Balaban J connectivity index is 2.26. The first-order chi connectivity index (χ1) is 12.6. The van der Waals surface area contributed by atoms with E-state index in [4.69, 9.17) is 0 Å². The van der Waals surface area contributed by atoms with Crippen molar-refractivity contribution in [2.45, 2.75) is 30.5 Å². The predicted molar refractivity (Wildman–Crippen MR) is 96.7 cm³/mol. The van der Waals surface area contributed by atoms with E-state index in [1.165, 1.54) is 0 Å². The standard InChI is InChI=1S/C18H22F3N3O2S/c1-4-13-5-7-14(8-6-13)16(24(2)3)11-23-27(25,26)17-12-22-10-9-15(17)18(19,20)21/h5-10,12,16,23H,4,11H2,1-3H3/t16-/m1/s1. The zero-order valence-electron chi connectivity index (χ0n) is 15.3. The van der Waals surface area contributed by atoms with E-state index in [0.29, 0.717) is 12.3 Å². The van der Waals surface area contributed by atoms with Gasteiger partial charge in [-0.1, -0.05) is 31.2 Å². The number of hydrogen-bond donors (Lipinski definition) is 1. The van der Waals surface area contributed by atoms with Crippen LogP contribution in [-0.4, -0.2) is 38.9 Å². The summed E-state index contributed by atoms with van der Waals surface area (Å²) >= 11 is 0. The molecule has 1 heterocycles. The summed E-state index contributed by atoms with van der Waals surface area (Å²) in [5.41, 5.74) is 0.767. The Kier molecular flexibility index (Phi) is 6.61. The van der Waals surface area contributed by atoms with Gasteiger partial charge in [-0.25, -0.2) is 13.1 Å². The SMILES string of the molecule is CCc1ccc([C@@H](CNS(=O)(=O)c2cnccc2C(F)(F)F)N(C)C)cc1. The van der Waals surface area contributed by atoms with Crippen LogP contribution in [-0.2, 0) is 22.6 Å². The minimum Gasteiger partial charge on any atom is -0.301 e. The highest BCUT2D eigenvalue weighted by molar-refractivity contribution is 7.89. The maximum atomic E-state index is 13.1. The quantitative estimate of drug-likeness (QED) is 0.774. The highest BCUT2D eigenvalue weighted by Crippen LogP contribution is 2.33. The average Bonchev–Trinajstić information content (AvgIpc) is 2.61. The highest BCUT2D eigenvalue weighted by atomic mass is 32.2. The third kappa shape index (κ3) is 5.27. The summed E-state index contributed by atoms with van der Waals surface area (Å²) in [6, 6.07) is 8.00. The molecule has 2 rings (SSSR count). The molecule has 27 heavy (non-hydrogen) atoms. The zero-order chi connectivity index (χ0) is 20.2. The highest BCUT2D eigenvalue weighted by Gasteiger charge is 2.37. The number of nitrogens with one attached hydrogen (secondary N) is 1. The number of sulfonamides is 1. The number of nitrogens with zero attached hydrogens (tertiary/aromatic N) is 2. The van der Waals surface area contributed by atoms with Gasteiger partial charge in [0.2, 0.25) is 10.0 Å². The predicted octanol–water partition coefficient (Wildman–Crippen LogP) is 3.24. The van der Waals surface area contributed by atoms with E-state index in [2.05, 4.69) is 9.71 Å². The molecule has 1 aromatic carbocycles. The van der Waals surface area contributed by atoms with Crippen molar-refractivity contribution in [3.05, 3.63) is 59.4 Å². The van der Waals surface area contributed by atoms with Gasteiger partial charge >= 0.3 is 6.18 Å². The van der Waals surface area contributed by atoms with Crippen molar-refractivity contribution in [1.29, 1.82) is 0 Å². The molecule has 0 aliphatic rings. The molecule has 0 bridgehead atoms. The van der Waals surface area contributed by atoms with Crippen molar-refractivity contribution in [2.24, 2.45) is 0 Å². The van der Waals surface area contributed by atoms with Gasteiger partial charge in [0.15, 0.2) is 0 Å². The minimum absolute atomic E-state index is 0.0764. The lowest BCUT2D eigenvalue weighted by Crippen LogP contribution is -2.35. The van der Waals surface area contributed by atoms with Crippen molar-refractivity contribution >= 4 is 10.0 Å². The topological polar surface area (TPSA) is 62.3 Å². The van der Waals surface area contributed by atoms with E-state index in [1.54, 1.807) is 19.0 Å². The molecule has 0 amide bonds. The number of aryl methyl sites for hydroxylation is 1. The molecular formula is C18H22F3N3O2S. The van der Waals surface area contributed by atoms with Crippen LogP contribution in [0.2, 0.25) is 0 Å². The lowest BCUT2D eigenvalue weighted by molar-refractivity contribution is -0.140. The second kappa shape index (κ2) is 8.37. The Morgan fingerprint density at radius 3 is 2.30 bits per heavy atom. The molecule has 0 saturated carbocycles. The Labute approximate surface area is 157 Å². The number of rotatable bonds is 7. The van der Waals surface area contributed by atoms with Gasteiger partial charge in [0.05, 0.1) is 5.56 Å². The van der Waals surface area contributed by atoms with Crippen LogP contribution in [0.15, 0.2) is 47.6 Å². The van der Waals surface area contributed by atoms with Crippen molar-refractivity contribution in [2.75, 3.05) is 20.6 Å². The lowest BCUT2D eigenvalue weighted by Gasteiger charge is -2.25. The van der Waals surface area contributed by atoms with Crippen LogP contribution in [0.3, 0.4) is 0 Å². The fraction of sp³-hybridized carbons (Fsp3) is 0.389. The second-order valence-electron chi connectivity index (χ2n) is 6.30. The molecule has 0 aliphatic heterocycles. The third-order valence-corrected chi connectivity index (χ3v) is 5.69. The molecule has 1 atom stereocenters. The summed E-state index contributed by atoms with van der Waals surface area (Å²) < 4.78 is 66.6. The Hall–Kier alpha value is -1.97. The van der Waals surface area contributed by atoms with Crippen LogP contribution in [0, 0.1) is 0 Å². The number of alkyl halides is 3. The van der Waals surface area contributed by atoms with Crippen LogP contribution in [0.5, 0.6) is 0 Å². The summed E-state index contributed by atoms with van der Waals surface area (Å²) in [6.07, 6.45) is -2.28. The maximum Gasteiger partial charge on any atom is 0.417 e. The maximum absolute atomic E-state index is 13.1. The minimum atomic E-state index is -4.79. The summed E-state index contributed by atoms with van der Waals surface area (Å²) in [7, 11) is -0.831. The van der Waals surface area contributed by atoms with Crippen LogP contribution < -0.4 is 4.72 Å². The molecule has 1 N–H and O–H groups in total. The third-order valence-electron chi connectivity index (χ3n) is 4.24. The zero-order valence-corrected chi connectivity index (χ0v) is 16.1. The van der Waals surface area contributed by atoms with Crippen molar-refractivity contribution in [1.82, 2.24) is 14.6 Å². The van der Waals surface area contributed by atoms with Crippen LogP contribution in [0.4, 0.5) is 13.2 Å². The molecule has 0 radical (unpaired) electrons. The number of hydrogen-bond acceptors (Lipinski definition) is 4. The summed E-state index contributed by atoms with van der Waals surface area (Å²) in [4.78, 5) is 4.46. The van der Waals surface area contributed by atoms with Gasteiger partial charge in [-0.15, -0.1) is 0 Å². The molecule has 2 aromatic rings. The Morgan fingerprint density at radius 2 is 1.78 bits per heavy atom. The molecule has 0 spiro atoms. The smallest absolute Gasteiger partial charge is 0.301 e. The summed E-state index contributed by atoms with van der Waals surface area (Å²) in [5, 5.41) is 0. The monoisotopic (exact) mass is 401 g/mol. The van der Waals surface area contributed by atoms with Crippen molar-refractivity contribution < 1.29 is 21.6 Å². The Morgan fingerprint density at radius 1 is 1.15 bits per heavy atom. The number of likely N-dealkylation sites (N-methyl/N-ethyl adjacent to an activating group) is 1. The number of aromatic nitrogens is 1. The van der Waals surface area contributed by atoms with Gasteiger partial charge in [-0.2, -0.15) is 13.2 Å². The van der Waals surface area contributed by atoms with Gasteiger partial charge in [0.1, 0.15) is 4.90 Å². The first kappa shape index (κ1) is 21.3. The molecule has 148 valence electrons. The molecule has 0 saturated heterocycles. The van der Waals surface area contributed by atoms with Crippen LogP contribution in [0.25, 0.3) is 0 Å². The molecular weight excluding hydrogens is 379 g/mol. The fourth-order valence-corrected chi connectivity index (χ4v) is 3.87. The van der Waals surface area contributed by atoms with E-state index < -0.39 is 26.7 Å². The fourth-order valence-electron chi connectivity index (χ4n) is 2.67.